The van der Waals surface area contributed by atoms with Crippen LogP contribution in [-0.4, -0.2) is 4.98 Å². The van der Waals surface area contributed by atoms with E-state index < -0.39 is 0 Å². The largest absolute Gasteiger partial charge is 4.00 e. The third-order valence-corrected chi connectivity index (χ3v) is 4.87. The number of aromatic nitrogens is 1. The van der Waals surface area contributed by atoms with Crippen LogP contribution < -0.4 is 24.8 Å². The minimum Gasteiger partial charge on any atom is -1.00 e. The second-order valence-electron chi connectivity index (χ2n) is 6.00. The van der Waals surface area contributed by atoms with Crippen LogP contribution in [0.25, 0.3) is 0 Å². The van der Waals surface area contributed by atoms with E-state index in [1.165, 1.54) is 28.8 Å². The topological polar surface area (TPSA) is 15.8 Å². The first-order valence-corrected chi connectivity index (χ1v) is 7.13. The molecule has 4 heteroatoms. The maximum atomic E-state index is 3.01. The molecule has 1 aliphatic rings. The van der Waals surface area contributed by atoms with E-state index in [-0.39, 0.29) is 46.5 Å². The number of aryl methyl sites for hydroxylation is 2. The van der Waals surface area contributed by atoms with E-state index in [1.54, 1.807) is 22.3 Å². The van der Waals surface area contributed by atoms with E-state index in [9.17, 15) is 0 Å². The fourth-order valence-electron chi connectivity index (χ4n) is 3.00. The van der Waals surface area contributed by atoms with E-state index in [0.717, 1.165) is 5.92 Å². The Morgan fingerprint density at radius 1 is 0.955 bits per heavy atom. The van der Waals surface area contributed by atoms with Crippen molar-refractivity contribution in [2.24, 2.45) is 0 Å². The zero-order chi connectivity index (χ0) is 14.3. The summed E-state index contributed by atoms with van der Waals surface area (Å²) in [6.45, 7) is 15.3. The van der Waals surface area contributed by atoms with Gasteiger partial charge in [-0.15, -0.1) is 17.5 Å². The molecule has 120 valence electrons. The first-order valence-electron chi connectivity index (χ1n) is 7.13. The molecule has 0 spiro atoms. The number of halogens is 2. The van der Waals surface area contributed by atoms with Crippen molar-refractivity contribution < 1.29 is 46.5 Å². The Balaban J connectivity index is 0. The van der Waals surface area contributed by atoms with Crippen molar-refractivity contribution in [1.82, 2.24) is 4.98 Å². The third-order valence-electron chi connectivity index (χ3n) is 4.87. The zero-order valence-electron chi connectivity index (χ0n) is 14.5. The molecule has 1 N–H and O–H groups in total. The molecule has 1 atom stereocenters. The number of H-pyrrole nitrogens is 1. The van der Waals surface area contributed by atoms with Crippen molar-refractivity contribution in [3.63, 3.8) is 0 Å². The SMILES string of the molecule is Cc1[c-][nH]c(C)c1C.Cc1c(C)c2[c-](c1C)C(C)C2.[Cl-].[Cl-].[Ti+4]. The van der Waals surface area contributed by atoms with Gasteiger partial charge >= 0.3 is 21.7 Å². The van der Waals surface area contributed by atoms with Gasteiger partial charge in [-0.05, 0) is 0 Å². The molecule has 0 fully saturated rings. The number of fused-ring (bicyclic) bond motifs is 1. The Kier molecular flexibility index (Phi) is 10.2. The smallest absolute Gasteiger partial charge is 1.00 e. The van der Waals surface area contributed by atoms with E-state index in [0.29, 0.717) is 0 Å². The van der Waals surface area contributed by atoms with Crippen LogP contribution in [0.2, 0.25) is 0 Å². The molecule has 2 aromatic rings. The molecule has 0 radical (unpaired) electrons. The van der Waals surface area contributed by atoms with Gasteiger partial charge in [0.05, 0.1) is 0 Å². The quantitative estimate of drug-likeness (QED) is 0.438. The van der Waals surface area contributed by atoms with Crippen LogP contribution in [0.5, 0.6) is 0 Å². The molecule has 3 rings (SSSR count). The molecule has 0 saturated carbocycles. The van der Waals surface area contributed by atoms with Crippen molar-refractivity contribution in [1.29, 1.82) is 0 Å². The van der Waals surface area contributed by atoms with Gasteiger partial charge in [0.1, 0.15) is 0 Å². The number of hydrogen-bond donors (Lipinski definition) is 1. The summed E-state index contributed by atoms with van der Waals surface area (Å²) >= 11 is 0. The summed E-state index contributed by atoms with van der Waals surface area (Å²) in [6, 6.07) is 0. The molecule has 1 aromatic heterocycles. The van der Waals surface area contributed by atoms with Crippen molar-refractivity contribution >= 4 is 0 Å². The van der Waals surface area contributed by atoms with Gasteiger partial charge in [0.15, 0.2) is 0 Å². The van der Waals surface area contributed by atoms with Crippen molar-refractivity contribution in [2.45, 2.75) is 60.8 Å². The van der Waals surface area contributed by atoms with E-state index in [1.807, 2.05) is 0 Å². The normalized spacial score (nSPS) is 14.2. The molecule has 1 aromatic carbocycles. The van der Waals surface area contributed by atoms with Gasteiger partial charge < -0.3 is 29.8 Å². The molecule has 1 aliphatic carbocycles. The van der Waals surface area contributed by atoms with E-state index in [2.05, 4.69) is 59.6 Å². The van der Waals surface area contributed by atoms with Crippen molar-refractivity contribution in [3.05, 3.63) is 50.8 Å². The fraction of sp³-hybridized carbons (Fsp3) is 0.500. The second-order valence-corrected chi connectivity index (χ2v) is 6.00. The summed E-state index contributed by atoms with van der Waals surface area (Å²) in [4.78, 5) is 3.01. The van der Waals surface area contributed by atoms with Crippen LogP contribution in [0, 0.1) is 47.7 Å². The monoisotopic (exact) mass is 373 g/mol. The molecule has 1 heterocycles. The van der Waals surface area contributed by atoms with Gasteiger partial charge in [-0.25, -0.2) is 0 Å². The maximum absolute atomic E-state index is 3.01. The summed E-state index contributed by atoms with van der Waals surface area (Å²) in [6.07, 6.45) is 4.33. The molecular formula is C18H25Cl2NTi. The number of rotatable bonds is 0. The predicted molar refractivity (Wildman–Crippen MR) is 82.2 cm³/mol. The van der Waals surface area contributed by atoms with E-state index in [4.69, 9.17) is 0 Å². The summed E-state index contributed by atoms with van der Waals surface area (Å²) in [7, 11) is 0. The molecule has 0 aliphatic heterocycles. The Hall–Kier alpha value is -0.0757. The van der Waals surface area contributed by atoms with Crippen LogP contribution in [0.3, 0.4) is 0 Å². The zero-order valence-corrected chi connectivity index (χ0v) is 17.6. The number of aromatic amines is 1. The van der Waals surface area contributed by atoms with Gasteiger partial charge in [0, 0.05) is 0 Å². The van der Waals surface area contributed by atoms with Crippen LogP contribution in [0.15, 0.2) is 0 Å². The van der Waals surface area contributed by atoms with E-state index >= 15 is 0 Å². The Bertz CT molecular complexity index is 572. The Labute approximate surface area is 162 Å². The average Bonchev–Trinajstić information content (AvgIpc) is 2.73. The average molecular weight is 374 g/mol. The molecule has 0 saturated heterocycles. The summed E-state index contributed by atoms with van der Waals surface area (Å²) in [5, 5.41) is 0. The van der Waals surface area contributed by atoms with Gasteiger partial charge in [-0.2, -0.15) is 33.4 Å². The second kappa shape index (κ2) is 9.28. The van der Waals surface area contributed by atoms with Crippen molar-refractivity contribution in [3.8, 4) is 0 Å². The van der Waals surface area contributed by atoms with Crippen LogP contribution in [0.4, 0.5) is 0 Å². The van der Waals surface area contributed by atoms with Crippen LogP contribution in [0.1, 0.15) is 57.5 Å². The van der Waals surface area contributed by atoms with Crippen LogP contribution >= 0.6 is 0 Å². The van der Waals surface area contributed by atoms with Gasteiger partial charge in [0.2, 0.25) is 0 Å². The minimum absolute atomic E-state index is 0. The maximum Gasteiger partial charge on any atom is 4.00 e. The van der Waals surface area contributed by atoms with Crippen LogP contribution in [-0.2, 0) is 28.1 Å². The molecule has 22 heavy (non-hydrogen) atoms. The first kappa shape index (κ1) is 24.2. The summed E-state index contributed by atoms with van der Waals surface area (Å²) in [5.74, 6) is 0.831. The minimum atomic E-state index is 0. The Morgan fingerprint density at radius 2 is 1.50 bits per heavy atom. The molecule has 1 unspecified atom stereocenters. The Morgan fingerprint density at radius 3 is 1.73 bits per heavy atom. The molecular weight excluding hydrogens is 349 g/mol. The molecule has 1 nitrogen and oxygen atoms in total. The number of hydrogen-bond acceptors (Lipinski definition) is 0. The predicted octanol–water partition coefficient (Wildman–Crippen LogP) is -1.26. The van der Waals surface area contributed by atoms with Gasteiger partial charge in [-0.3, -0.25) is 0 Å². The van der Waals surface area contributed by atoms with Crippen molar-refractivity contribution in [2.75, 3.05) is 0 Å². The standard InChI is InChI=1S/C11H15.C7H10N.2ClH.Ti/c1-6-5-10-8(3)7(2)9(4)11(6)10;1-5-4-8-7(3)6(5)2;;;/h6H,5H2,1-4H3;8H,1-3H3;2*1H;/q2*-1;;;+4/p-2. The first-order chi connectivity index (χ1) is 8.84. The van der Waals surface area contributed by atoms with Gasteiger partial charge in [0.25, 0.3) is 0 Å². The molecule has 0 bridgehead atoms. The summed E-state index contributed by atoms with van der Waals surface area (Å²) < 4.78 is 0. The third kappa shape index (κ3) is 4.26. The number of nitrogens with one attached hydrogen (secondary N) is 1. The molecule has 0 amide bonds. The van der Waals surface area contributed by atoms with Gasteiger partial charge in [-0.1, -0.05) is 60.8 Å². The summed E-state index contributed by atoms with van der Waals surface area (Å²) in [5.41, 5.74) is 11.7. The fourth-order valence-corrected chi connectivity index (χ4v) is 3.00.